The van der Waals surface area contributed by atoms with Gasteiger partial charge in [0.2, 0.25) is 5.88 Å². The molecular weight excluding hydrogens is 212 g/mol. The average molecular weight is 222 g/mol. The molecule has 0 bridgehead atoms. The molecule has 0 unspecified atom stereocenters. The van der Waals surface area contributed by atoms with Crippen LogP contribution in [0.25, 0.3) is 10.9 Å². The summed E-state index contributed by atoms with van der Waals surface area (Å²) < 4.78 is 5.39. The van der Waals surface area contributed by atoms with Gasteiger partial charge in [-0.05, 0) is 6.07 Å². The maximum atomic E-state index is 9.07. The molecule has 0 aliphatic rings. The highest BCUT2D eigenvalue weighted by atomic mass is 16.5. The highest BCUT2D eigenvalue weighted by Crippen LogP contribution is 2.21. The zero-order valence-electron chi connectivity index (χ0n) is 9.18. The summed E-state index contributed by atoms with van der Waals surface area (Å²) in [4.78, 5) is 4.31. The van der Waals surface area contributed by atoms with Crippen molar-refractivity contribution in [1.82, 2.24) is 4.98 Å². The Morgan fingerprint density at radius 3 is 2.94 bits per heavy atom. The molecule has 0 radical (unpaired) electrons. The number of aromatic nitrogens is 1. The quantitative estimate of drug-likeness (QED) is 0.592. The summed E-state index contributed by atoms with van der Waals surface area (Å²) in [6.07, 6.45) is 5.66. The van der Waals surface area contributed by atoms with Gasteiger partial charge in [0.15, 0.2) is 0 Å². The van der Waals surface area contributed by atoms with Crippen molar-refractivity contribution in [2.45, 2.75) is 6.42 Å². The van der Waals surface area contributed by atoms with Gasteiger partial charge in [0.05, 0.1) is 11.1 Å². The first-order valence-corrected chi connectivity index (χ1v) is 5.21. The summed E-state index contributed by atoms with van der Waals surface area (Å²) in [6, 6.07) is 11.3. The monoisotopic (exact) mass is 222 g/mol. The molecule has 0 atom stereocenters. The molecule has 0 N–H and O–H groups in total. The molecule has 1 aromatic carbocycles. The van der Waals surface area contributed by atoms with Crippen molar-refractivity contribution in [2.24, 2.45) is 0 Å². The Hall–Kier alpha value is -2.52. The van der Waals surface area contributed by atoms with E-state index < -0.39 is 0 Å². The zero-order chi connectivity index (χ0) is 12.1. The van der Waals surface area contributed by atoms with Crippen LogP contribution in [0.4, 0.5) is 0 Å². The van der Waals surface area contributed by atoms with Crippen LogP contribution in [0.1, 0.15) is 12.0 Å². The van der Waals surface area contributed by atoms with Crippen molar-refractivity contribution in [3.05, 3.63) is 35.9 Å². The van der Waals surface area contributed by atoms with Gasteiger partial charge in [0, 0.05) is 17.9 Å². The second-order valence-corrected chi connectivity index (χ2v) is 3.44. The summed E-state index contributed by atoms with van der Waals surface area (Å²) in [5.41, 5.74) is 1.31. The number of fused-ring (bicyclic) bond motifs is 1. The lowest BCUT2D eigenvalue weighted by molar-refractivity contribution is 0.315. The van der Waals surface area contributed by atoms with E-state index >= 15 is 0 Å². The number of terminal acetylenes is 1. The normalized spacial score (nSPS) is 9.53. The van der Waals surface area contributed by atoms with Crippen molar-refractivity contribution in [3.8, 4) is 24.3 Å². The van der Waals surface area contributed by atoms with Gasteiger partial charge in [-0.1, -0.05) is 18.2 Å². The van der Waals surface area contributed by atoms with E-state index in [2.05, 4.69) is 17.0 Å². The summed E-state index contributed by atoms with van der Waals surface area (Å²) >= 11 is 0. The molecule has 17 heavy (non-hydrogen) atoms. The number of benzene rings is 1. The molecule has 0 saturated carbocycles. The van der Waals surface area contributed by atoms with E-state index in [0.29, 0.717) is 24.5 Å². The van der Waals surface area contributed by atoms with Crippen LogP contribution in [0.5, 0.6) is 5.88 Å². The van der Waals surface area contributed by atoms with E-state index in [9.17, 15) is 0 Å². The van der Waals surface area contributed by atoms with Crippen molar-refractivity contribution in [3.63, 3.8) is 0 Å². The Kier molecular flexibility index (Phi) is 3.23. The number of hydrogen-bond acceptors (Lipinski definition) is 3. The van der Waals surface area contributed by atoms with Gasteiger partial charge in [0.1, 0.15) is 12.7 Å². The second-order valence-electron chi connectivity index (χ2n) is 3.44. The van der Waals surface area contributed by atoms with E-state index in [1.807, 2.05) is 24.3 Å². The van der Waals surface area contributed by atoms with Crippen molar-refractivity contribution >= 4 is 10.9 Å². The Balaban J connectivity index is 2.40. The first-order chi connectivity index (χ1) is 8.35. The van der Waals surface area contributed by atoms with E-state index in [-0.39, 0.29) is 0 Å². The third-order valence-corrected chi connectivity index (χ3v) is 2.31. The predicted octanol–water partition coefficient (Wildman–Crippen LogP) is 2.51. The van der Waals surface area contributed by atoms with Crippen LogP contribution >= 0.6 is 0 Å². The first kappa shape index (κ1) is 11.0. The lowest BCUT2D eigenvalue weighted by Gasteiger charge is -2.05. The molecule has 3 heteroatoms. The Labute approximate surface area is 99.7 Å². The molecule has 82 valence electrons. The molecule has 1 aromatic heterocycles. The average Bonchev–Trinajstić information content (AvgIpc) is 2.38. The summed E-state index contributed by atoms with van der Waals surface area (Å²) in [7, 11) is 0. The lowest BCUT2D eigenvalue weighted by Crippen LogP contribution is -1.99. The minimum absolute atomic E-state index is 0.409. The van der Waals surface area contributed by atoms with Crippen LogP contribution < -0.4 is 4.74 Å². The van der Waals surface area contributed by atoms with Gasteiger partial charge in [-0.15, -0.1) is 12.3 Å². The number of nitrogens with zero attached hydrogens (tertiary/aromatic N) is 2. The van der Waals surface area contributed by atoms with Gasteiger partial charge in [0.25, 0.3) is 0 Å². The van der Waals surface area contributed by atoms with Crippen molar-refractivity contribution < 1.29 is 4.74 Å². The molecule has 0 aliphatic heterocycles. The molecule has 0 spiro atoms. The van der Waals surface area contributed by atoms with Crippen LogP contribution in [-0.2, 0) is 0 Å². The number of nitriles is 1. The van der Waals surface area contributed by atoms with E-state index in [4.69, 9.17) is 16.4 Å². The fourth-order valence-electron chi connectivity index (χ4n) is 1.53. The Morgan fingerprint density at radius 2 is 2.18 bits per heavy atom. The van der Waals surface area contributed by atoms with E-state index in [0.717, 1.165) is 10.9 Å². The molecule has 0 saturated heterocycles. The van der Waals surface area contributed by atoms with Crippen molar-refractivity contribution in [1.29, 1.82) is 5.26 Å². The fraction of sp³-hybridized carbons (Fsp3) is 0.143. The number of rotatable bonds is 3. The van der Waals surface area contributed by atoms with Gasteiger partial charge < -0.3 is 4.74 Å². The van der Waals surface area contributed by atoms with Crippen LogP contribution in [0.15, 0.2) is 30.3 Å². The summed E-state index contributed by atoms with van der Waals surface area (Å²) in [5.74, 6) is 2.93. The number of hydrogen-bond donors (Lipinski definition) is 0. The SMILES string of the molecule is C#CCCOc1cc(C#N)c2ccccc2n1. The van der Waals surface area contributed by atoms with E-state index in [1.54, 1.807) is 6.07 Å². The first-order valence-electron chi connectivity index (χ1n) is 5.21. The maximum Gasteiger partial charge on any atom is 0.215 e. The minimum Gasteiger partial charge on any atom is -0.477 e. The highest BCUT2D eigenvalue weighted by Gasteiger charge is 2.05. The Bertz CT molecular complexity index is 620. The topological polar surface area (TPSA) is 45.9 Å². The zero-order valence-corrected chi connectivity index (χ0v) is 9.18. The van der Waals surface area contributed by atoms with Crippen molar-refractivity contribution in [2.75, 3.05) is 6.61 Å². The van der Waals surface area contributed by atoms with Crippen LogP contribution in [0.3, 0.4) is 0 Å². The molecule has 3 nitrogen and oxygen atoms in total. The minimum atomic E-state index is 0.409. The molecule has 0 amide bonds. The molecule has 2 aromatic rings. The summed E-state index contributed by atoms with van der Waals surface area (Å²) in [6.45, 7) is 0.409. The smallest absolute Gasteiger partial charge is 0.215 e. The molecular formula is C14H10N2O. The number of ether oxygens (including phenoxy) is 1. The fourth-order valence-corrected chi connectivity index (χ4v) is 1.53. The second kappa shape index (κ2) is 5.01. The van der Waals surface area contributed by atoms with Crippen LogP contribution in [-0.4, -0.2) is 11.6 Å². The largest absolute Gasteiger partial charge is 0.477 e. The lowest BCUT2D eigenvalue weighted by atomic mass is 10.1. The molecule has 1 heterocycles. The Morgan fingerprint density at radius 1 is 1.35 bits per heavy atom. The molecule has 0 fully saturated rings. The van der Waals surface area contributed by atoms with Gasteiger partial charge in [-0.25, -0.2) is 4.98 Å². The third-order valence-electron chi connectivity index (χ3n) is 2.31. The number of para-hydroxylation sites is 1. The highest BCUT2D eigenvalue weighted by molar-refractivity contribution is 5.85. The van der Waals surface area contributed by atoms with Crippen LogP contribution in [0, 0.1) is 23.7 Å². The van der Waals surface area contributed by atoms with Gasteiger partial charge in [-0.3, -0.25) is 0 Å². The third kappa shape index (κ3) is 2.35. The number of pyridine rings is 1. The van der Waals surface area contributed by atoms with Gasteiger partial charge >= 0.3 is 0 Å². The van der Waals surface area contributed by atoms with Crippen LogP contribution in [0.2, 0.25) is 0 Å². The van der Waals surface area contributed by atoms with Gasteiger partial charge in [-0.2, -0.15) is 5.26 Å². The predicted molar refractivity (Wildman–Crippen MR) is 65.4 cm³/mol. The maximum absolute atomic E-state index is 9.07. The summed E-state index contributed by atoms with van der Waals surface area (Å²) in [5, 5.41) is 9.90. The molecule has 2 rings (SSSR count). The molecule has 0 aliphatic carbocycles. The standard InChI is InChI=1S/C14H10N2O/c1-2-3-8-17-14-9-11(10-15)12-6-4-5-7-13(12)16-14/h1,4-7,9H,3,8H2. The van der Waals surface area contributed by atoms with E-state index in [1.165, 1.54) is 0 Å².